The van der Waals surface area contributed by atoms with E-state index in [4.69, 9.17) is 5.73 Å². The molecule has 4 nitrogen and oxygen atoms in total. The molecule has 0 aliphatic carbocycles. The van der Waals surface area contributed by atoms with Crippen LogP contribution >= 0.6 is 0 Å². The molecule has 0 saturated heterocycles. The first-order valence-electron chi connectivity index (χ1n) is 8.87. The molecule has 2 N–H and O–H groups in total. The zero-order valence-electron chi connectivity index (χ0n) is 15.4. The van der Waals surface area contributed by atoms with E-state index < -0.39 is 17.6 Å². The third kappa shape index (κ3) is 3.71. The highest BCUT2D eigenvalue weighted by atomic mass is 19.4. The fourth-order valence-corrected chi connectivity index (χ4v) is 3.18. The molecule has 150 valence electrons. The van der Waals surface area contributed by atoms with Gasteiger partial charge in [0.25, 0.3) is 0 Å². The smallest absolute Gasteiger partial charge is 0.366 e. The Morgan fingerprint density at radius 1 is 0.733 bits per heavy atom. The number of aromatic nitrogens is 3. The molecule has 0 bridgehead atoms. The second-order valence-electron chi connectivity index (χ2n) is 6.47. The van der Waals surface area contributed by atoms with Crippen LogP contribution in [0.25, 0.3) is 33.6 Å². The molecule has 0 unspecified atom stereocenters. The number of anilines is 1. The number of hydrogen-bond donors (Lipinski definition) is 1. The molecule has 30 heavy (non-hydrogen) atoms. The number of halogens is 4. The largest absolute Gasteiger partial charge is 0.416 e. The third-order valence-corrected chi connectivity index (χ3v) is 4.50. The van der Waals surface area contributed by atoms with Crippen molar-refractivity contribution in [2.24, 2.45) is 0 Å². The van der Waals surface area contributed by atoms with Crippen LogP contribution in [0.5, 0.6) is 0 Å². The predicted octanol–water partition coefficient (Wildman–Crippen LogP) is 5.61. The average Bonchev–Trinajstić information content (AvgIpc) is 2.74. The van der Waals surface area contributed by atoms with Gasteiger partial charge < -0.3 is 5.73 Å². The van der Waals surface area contributed by atoms with Crippen LogP contribution in [0.3, 0.4) is 0 Å². The number of benzene rings is 3. The Bertz CT molecular complexity index is 1210. The molecule has 0 spiro atoms. The first kappa shape index (κ1) is 19.5. The highest BCUT2D eigenvalue weighted by molar-refractivity contribution is 5.88. The quantitative estimate of drug-likeness (QED) is 0.446. The van der Waals surface area contributed by atoms with E-state index >= 15 is 0 Å². The van der Waals surface area contributed by atoms with E-state index in [9.17, 15) is 17.6 Å². The molecular formula is C22H14F4N4. The summed E-state index contributed by atoms with van der Waals surface area (Å²) in [6.45, 7) is 0. The van der Waals surface area contributed by atoms with Gasteiger partial charge in [0.15, 0.2) is 0 Å². The van der Waals surface area contributed by atoms with E-state index in [1.165, 1.54) is 24.3 Å². The van der Waals surface area contributed by atoms with Crippen LogP contribution in [-0.2, 0) is 6.18 Å². The van der Waals surface area contributed by atoms with E-state index in [1.54, 1.807) is 30.3 Å². The van der Waals surface area contributed by atoms with E-state index in [0.717, 1.165) is 12.1 Å². The van der Waals surface area contributed by atoms with Crippen LogP contribution in [0, 0.1) is 5.82 Å². The lowest BCUT2D eigenvalue weighted by Crippen LogP contribution is -2.05. The fraction of sp³-hybridized carbons (Fsp3) is 0.0455. The van der Waals surface area contributed by atoms with Crippen molar-refractivity contribution in [3.05, 3.63) is 84.2 Å². The average molecular weight is 410 g/mol. The summed E-state index contributed by atoms with van der Waals surface area (Å²) in [7, 11) is 0. The fourth-order valence-electron chi connectivity index (χ4n) is 3.18. The van der Waals surface area contributed by atoms with Gasteiger partial charge in [-0.1, -0.05) is 54.6 Å². The molecule has 0 aliphatic rings. The van der Waals surface area contributed by atoms with Gasteiger partial charge in [-0.2, -0.15) is 13.2 Å². The Balaban J connectivity index is 1.97. The van der Waals surface area contributed by atoms with E-state index in [0.29, 0.717) is 11.3 Å². The maximum absolute atomic E-state index is 14.9. The molecule has 1 heterocycles. The maximum Gasteiger partial charge on any atom is 0.416 e. The van der Waals surface area contributed by atoms with Crippen molar-refractivity contribution >= 4 is 5.95 Å². The van der Waals surface area contributed by atoms with E-state index in [2.05, 4.69) is 15.2 Å². The van der Waals surface area contributed by atoms with Gasteiger partial charge in [-0.05, 0) is 23.8 Å². The molecular weight excluding hydrogens is 396 g/mol. The van der Waals surface area contributed by atoms with Crippen molar-refractivity contribution in [2.45, 2.75) is 6.18 Å². The van der Waals surface area contributed by atoms with Crippen LogP contribution in [-0.4, -0.2) is 15.2 Å². The van der Waals surface area contributed by atoms with Crippen molar-refractivity contribution in [3.63, 3.8) is 0 Å². The summed E-state index contributed by atoms with van der Waals surface area (Å²) < 4.78 is 54.5. The van der Waals surface area contributed by atoms with Crippen LogP contribution in [0.15, 0.2) is 72.8 Å². The molecule has 0 atom stereocenters. The number of nitrogens with zero attached hydrogens (tertiary/aromatic N) is 3. The molecule has 0 amide bonds. The van der Waals surface area contributed by atoms with Crippen molar-refractivity contribution < 1.29 is 17.6 Å². The number of nitrogen functional groups attached to an aromatic ring is 1. The first-order chi connectivity index (χ1) is 14.3. The Hall–Kier alpha value is -3.81. The molecule has 4 aromatic rings. The first-order valence-corrected chi connectivity index (χ1v) is 8.87. The Morgan fingerprint density at radius 3 is 2.17 bits per heavy atom. The molecule has 0 fully saturated rings. The molecule has 3 aromatic carbocycles. The Morgan fingerprint density at radius 2 is 1.43 bits per heavy atom. The lowest BCUT2D eigenvalue weighted by molar-refractivity contribution is -0.137. The summed E-state index contributed by atoms with van der Waals surface area (Å²) >= 11 is 0. The molecule has 4 rings (SSSR count). The summed E-state index contributed by atoms with van der Waals surface area (Å²) in [5.41, 5.74) is 6.35. The third-order valence-electron chi connectivity index (χ3n) is 4.50. The lowest BCUT2D eigenvalue weighted by Gasteiger charge is -2.15. The van der Waals surface area contributed by atoms with Crippen molar-refractivity contribution in [3.8, 4) is 33.6 Å². The second-order valence-corrected chi connectivity index (χ2v) is 6.47. The SMILES string of the molecule is Nc1nnc(-c2cccc(F)c2-c2cccc(C(F)(F)F)c2)c(-c2ccccc2)n1. The molecule has 1 aromatic heterocycles. The number of rotatable bonds is 3. The summed E-state index contributed by atoms with van der Waals surface area (Å²) in [6, 6.07) is 17.6. The minimum absolute atomic E-state index is 0.0262. The predicted molar refractivity (Wildman–Crippen MR) is 106 cm³/mol. The number of hydrogen-bond acceptors (Lipinski definition) is 4. The second kappa shape index (κ2) is 7.55. The number of alkyl halides is 3. The number of nitrogens with two attached hydrogens (primary N) is 1. The van der Waals surface area contributed by atoms with Gasteiger partial charge in [-0.15, -0.1) is 10.2 Å². The standard InChI is InChI=1S/C22H14F4N4/c23-17-11-5-10-16(18(17)14-8-4-9-15(12-14)22(24,25)26)20-19(28-21(27)30-29-20)13-6-2-1-3-7-13/h1-12H,(H2,27,28,30). The highest BCUT2D eigenvalue weighted by Crippen LogP contribution is 2.39. The Labute approximate surface area is 169 Å². The van der Waals surface area contributed by atoms with Crippen molar-refractivity contribution in [2.75, 3.05) is 5.73 Å². The highest BCUT2D eigenvalue weighted by Gasteiger charge is 2.31. The molecule has 0 aliphatic heterocycles. The van der Waals surface area contributed by atoms with Crippen LogP contribution in [0.1, 0.15) is 5.56 Å². The minimum Gasteiger partial charge on any atom is -0.366 e. The minimum atomic E-state index is -4.56. The summed E-state index contributed by atoms with van der Waals surface area (Å²) in [4.78, 5) is 4.24. The summed E-state index contributed by atoms with van der Waals surface area (Å²) in [5, 5.41) is 7.87. The van der Waals surface area contributed by atoms with Crippen molar-refractivity contribution in [1.82, 2.24) is 15.2 Å². The molecule has 8 heteroatoms. The zero-order valence-corrected chi connectivity index (χ0v) is 15.4. The van der Waals surface area contributed by atoms with Crippen LogP contribution in [0.4, 0.5) is 23.5 Å². The van der Waals surface area contributed by atoms with Crippen LogP contribution < -0.4 is 5.73 Å². The van der Waals surface area contributed by atoms with E-state index in [1.807, 2.05) is 6.07 Å². The lowest BCUT2D eigenvalue weighted by atomic mass is 9.93. The van der Waals surface area contributed by atoms with Gasteiger partial charge >= 0.3 is 6.18 Å². The monoisotopic (exact) mass is 410 g/mol. The molecule has 0 saturated carbocycles. The maximum atomic E-state index is 14.9. The van der Waals surface area contributed by atoms with Gasteiger partial charge in [-0.25, -0.2) is 9.37 Å². The van der Waals surface area contributed by atoms with Gasteiger partial charge in [0.2, 0.25) is 5.95 Å². The topological polar surface area (TPSA) is 64.7 Å². The Kier molecular flexibility index (Phi) is 4.91. The van der Waals surface area contributed by atoms with Crippen molar-refractivity contribution in [1.29, 1.82) is 0 Å². The van der Waals surface area contributed by atoms with E-state index in [-0.39, 0.29) is 28.3 Å². The van der Waals surface area contributed by atoms with Crippen LogP contribution in [0.2, 0.25) is 0 Å². The van der Waals surface area contributed by atoms with Gasteiger partial charge in [0.1, 0.15) is 17.2 Å². The summed E-state index contributed by atoms with van der Waals surface area (Å²) in [5.74, 6) is -0.765. The van der Waals surface area contributed by atoms with Gasteiger partial charge in [0, 0.05) is 16.7 Å². The summed E-state index contributed by atoms with van der Waals surface area (Å²) in [6.07, 6.45) is -4.56. The van der Waals surface area contributed by atoms with Gasteiger partial charge in [-0.3, -0.25) is 0 Å². The molecule has 0 radical (unpaired) electrons. The zero-order chi connectivity index (χ0) is 21.3. The normalized spacial score (nSPS) is 11.5. The van der Waals surface area contributed by atoms with Gasteiger partial charge in [0.05, 0.1) is 5.56 Å².